The molecule has 0 N–H and O–H groups in total. The van der Waals surface area contributed by atoms with Gasteiger partial charge in [-0.3, -0.25) is 4.79 Å². The van der Waals surface area contributed by atoms with Crippen molar-refractivity contribution in [3.05, 3.63) is 29.3 Å². The van der Waals surface area contributed by atoms with Crippen LogP contribution in [0.1, 0.15) is 37.3 Å². The predicted molar refractivity (Wildman–Crippen MR) is 95.1 cm³/mol. The maximum absolute atomic E-state index is 12.5. The number of carbonyl (C=O) groups excluding carboxylic acids is 1. The lowest BCUT2D eigenvalue weighted by atomic mass is 10.1. The van der Waals surface area contributed by atoms with Crippen molar-refractivity contribution in [3.8, 4) is 5.75 Å². The van der Waals surface area contributed by atoms with Crippen LogP contribution < -0.4 is 4.74 Å². The average Bonchev–Trinajstić information content (AvgIpc) is 2.83. The molecule has 0 radical (unpaired) electrons. The molecule has 1 amide bonds. The topological polar surface area (TPSA) is 63.7 Å². The molecule has 2 rings (SSSR count). The van der Waals surface area contributed by atoms with Crippen LogP contribution in [0.5, 0.6) is 5.75 Å². The van der Waals surface area contributed by atoms with Gasteiger partial charge in [0.05, 0.1) is 24.5 Å². The molecule has 1 aliphatic heterocycles. The van der Waals surface area contributed by atoms with Gasteiger partial charge in [-0.25, -0.2) is 8.42 Å². The van der Waals surface area contributed by atoms with Gasteiger partial charge in [0.15, 0.2) is 9.84 Å². The molecule has 24 heavy (non-hydrogen) atoms. The number of sulfone groups is 1. The second-order valence-corrected chi connectivity index (χ2v) is 8.79. The molecule has 1 aliphatic rings. The largest absolute Gasteiger partial charge is 0.493 e. The summed E-state index contributed by atoms with van der Waals surface area (Å²) in [5, 5.41) is 0. The van der Waals surface area contributed by atoms with Gasteiger partial charge in [-0.1, -0.05) is 13.0 Å². The van der Waals surface area contributed by atoms with E-state index in [0.717, 1.165) is 23.3 Å². The number of rotatable bonds is 7. The van der Waals surface area contributed by atoms with Gasteiger partial charge < -0.3 is 9.64 Å². The quantitative estimate of drug-likeness (QED) is 0.755. The second-order valence-electron chi connectivity index (χ2n) is 6.57. The first-order chi connectivity index (χ1) is 11.3. The van der Waals surface area contributed by atoms with Crippen LogP contribution in [0.3, 0.4) is 0 Å². The number of amides is 1. The highest BCUT2D eigenvalue weighted by Crippen LogP contribution is 2.20. The summed E-state index contributed by atoms with van der Waals surface area (Å²) in [6, 6.07) is 5.79. The van der Waals surface area contributed by atoms with Crippen LogP contribution in [0.25, 0.3) is 0 Å². The third-order valence-corrected chi connectivity index (χ3v) is 5.96. The summed E-state index contributed by atoms with van der Waals surface area (Å²) in [5.74, 6) is 1.02. The van der Waals surface area contributed by atoms with E-state index in [1.807, 2.05) is 32.9 Å². The molecule has 5 nitrogen and oxygen atoms in total. The van der Waals surface area contributed by atoms with E-state index in [-0.39, 0.29) is 29.9 Å². The van der Waals surface area contributed by atoms with Crippen molar-refractivity contribution in [2.75, 3.05) is 24.7 Å². The van der Waals surface area contributed by atoms with E-state index in [0.29, 0.717) is 19.6 Å². The van der Waals surface area contributed by atoms with Gasteiger partial charge in [0, 0.05) is 12.6 Å². The standard InChI is InChI=1S/C18H27NO4S/c1-4-7-19(16-6-9-24(21,22)13-16)18(20)5-8-23-17-11-14(2)10-15(3)12-17/h10-12,16H,4-9,13H2,1-3H3. The van der Waals surface area contributed by atoms with E-state index in [1.54, 1.807) is 4.90 Å². The molecule has 1 aromatic carbocycles. The van der Waals surface area contributed by atoms with Gasteiger partial charge in [0.25, 0.3) is 0 Å². The van der Waals surface area contributed by atoms with E-state index in [4.69, 9.17) is 4.74 Å². The molecular formula is C18H27NO4S. The normalized spacial score (nSPS) is 19.2. The van der Waals surface area contributed by atoms with Crippen molar-refractivity contribution in [1.29, 1.82) is 0 Å². The van der Waals surface area contributed by atoms with Gasteiger partial charge in [0.1, 0.15) is 5.75 Å². The Bertz CT molecular complexity index is 664. The highest BCUT2D eigenvalue weighted by molar-refractivity contribution is 7.91. The lowest BCUT2D eigenvalue weighted by Crippen LogP contribution is -2.42. The highest BCUT2D eigenvalue weighted by Gasteiger charge is 2.33. The number of aryl methyl sites for hydroxylation is 2. The van der Waals surface area contributed by atoms with Crippen LogP contribution in [-0.2, 0) is 14.6 Å². The fourth-order valence-electron chi connectivity index (χ4n) is 3.19. The summed E-state index contributed by atoms with van der Waals surface area (Å²) in [6.45, 7) is 6.92. The maximum atomic E-state index is 12.5. The third-order valence-electron chi connectivity index (χ3n) is 4.21. The lowest BCUT2D eigenvalue weighted by Gasteiger charge is -2.28. The molecule has 0 bridgehead atoms. The van der Waals surface area contributed by atoms with Crippen LogP contribution in [0, 0.1) is 13.8 Å². The summed E-state index contributed by atoms with van der Waals surface area (Å²) in [7, 11) is -2.99. The smallest absolute Gasteiger partial charge is 0.226 e. The Kier molecular flexibility index (Phi) is 6.27. The van der Waals surface area contributed by atoms with Gasteiger partial charge in [-0.15, -0.1) is 0 Å². The Balaban J connectivity index is 1.91. The Morgan fingerprint density at radius 3 is 2.46 bits per heavy atom. The summed E-state index contributed by atoms with van der Waals surface area (Å²) < 4.78 is 29.0. The molecule has 0 aromatic heterocycles. The fraction of sp³-hybridized carbons (Fsp3) is 0.611. The SMILES string of the molecule is CCCN(C(=O)CCOc1cc(C)cc(C)c1)C1CCS(=O)(=O)C1. The molecule has 6 heteroatoms. The molecule has 134 valence electrons. The minimum Gasteiger partial charge on any atom is -0.493 e. The highest BCUT2D eigenvalue weighted by atomic mass is 32.2. The van der Waals surface area contributed by atoms with Crippen LogP contribution in [0.15, 0.2) is 18.2 Å². The molecular weight excluding hydrogens is 326 g/mol. The second kappa shape index (κ2) is 8.01. The van der Waals surface area contributed by atoms with Crippen molar-refractivity contribution >= 4 is 15.7 Å². The monoisotopic (exact) mass is 353 g/mol. The zero-order chi connectivity index (χ0) is 17.7. The summed E-state index contributed by atoms with van der Waals surface area (Å²) >= 11 is 0. The number of benzene rings is 1. The average molecular weight is 353 g/mol. The van der Waals surface area contributed by atoms with E-state index >= 15 is 0 Å². The first-order valence-corrected chi connectivity index (χ1v) is 10.3. The van der Waals surface area contributed by atoms with Crippen molar-refractivity contribution in [2.45, 2.75) is 46.1 Å². The Morgan fingerprint density at radius 2 is 1.92 bits per heavy atom. The molecule has 1 unspecified atom stereocenters. The molecule has 1 atom stereocenters. The van der Waals surface area contributed by atoms with Crippen molar-refractivity contribution in [1.82, 2.24) is 4.90 Å². The molecule has 0 spiro atoms. The molecule has 1 fully saturated rings. The Hall–Kier alpha value is -1.56. The van der Waals surface area contributed by atoms with E-state index in [9.17, 15) is 13.2 Å². The van der Waals surface area contributed by atoms with E-state index in [2.05, 4.69) is 6.07 Å². The third kappa shape index (κ3) is 5.23. The van der Waals surface area contributed by atoms with Crippen molar-refractivity contribution < 1.29 is 17.9 Å². The molecule has 0 aliphatic carbocycles. The van der Waals surface area contributed by atoms with Crippen LogP contribution >= 0.6 is 0 Å². The number of carbonyl (C=O) groups is 1. The summed E-state index contributed by atoms with van der Waals surface area (Å²) in [5.41, 5.74) is 2.25. The van der Waals surface area contributed by atoms with E-state index < -0.39 is 9.84 Å². The zero-order valence-electron chi connectivity index (χ0n) is 14.7. The molecule has 1 saturated heterocycles. The molecule has 0 saturated carbocycles. The number of nitrogens with zero attached hydrogens (tertiary/aromatic N) is 1. The van der Waals surface area contributed by atoms with Crippen LogP contribution in [-0.4, -0.2) is 49.9 Å². The van der Waals surface area contributed by atoms with Gasteiger partial charge in [-0.05, 0) is 49.9 Å². The minimum absolute atomic E-state index is 0.0247. The Labute approximate surface area is 144 Å². The van der Waals surface area contributed by atoms with Gasteiger partial charge in [-0.2, -0.15) is 0 Å². The maximum Gasteiger partial charge on any atom is 0.226 e. The first-order valence-electron chi connectivity index (χ1n) is 8.51. The molecule has 1 heterocycles. The number of hydrogen-bond acceptors (Lipinski definition) is 4. The fourth-order valence-corrected chi connectivity index (χ4v) is 4.92. The minimum atomic E-state index is -2.99. The van der Waals surface area contributed by atoms with Crippen LogP contribution in [0.2, 0.25) is 0 Å². The van der Waals surface area contributed by atoms with Gasteiger partial charge >= 0.3 is 0 Å². The number of ether oxygens (including phenoxy) is 1. The zero-order valence-corrected chi connectivity index (χ0v) is 15.6. The summed E-state index contributed by atoms with van der Waals surface area (Å²) in [4.78, 5) is 14.2. The van der Waals surface area contributed by atoms with Gasteiger partial charge in [0.2, 0.25) is 5.91 Å². The summed E-state index contributed by atoms with van der Waals surface area (Å²) in [6.07, 6.45) is 1.63. The first kappa shape index (κ1) is 18.8. The van der Waals surface area contributed by atoms with E-state index in [1.165, 1.54) is 0 Å². The van der Waals surface area contributed by atoms with Crippen molar-refractivity contribution in [2.24, 2.45) is 0 Å². The van der Waals surface area contributed by atoms with Crippen molar-refractivity contribution in [3.63, 3.8) is 0 Å². The number of hydrogen-bond donors (Lipinski definition) is 0. The molecule has 1 aromatic rings. The predicted octanol–water partition coefficient (Wildman–Crippen LogP) is 2.50. The Morgan fingerprint density at radius 1 is 1.25 bits per heavy atom. The lowest BCUT2D eigenvalue weighted by molar-refractivity contribution is -0.133. The van der Waals surface area contributed by atoms with Crippen LogP contribution in [0.4, 0.5) is 0 Å².